The van der Waals surface area contributed by atoms with Crippen LogP contribution in [0.2, 0.25) is 12.1 Å². The van der Waals surface area contributed by atoms with Crippen molar-refractivity contribution in [3.05, 3.63) is 0 Å². The minimum atomic E-state index is -1.98. The summed E-state index contributed by atoms with van der Waals surface area (Å²) in [5.74, 6) is 0. The molecule has 0 aromatic heterocycles. The Bertz CT molecular complexity index is 245. The fraction of sp³-hybridized carbons (Fsp3) is 0.929. The Morgan fingerprint density at radius 3 is 2.10 bits per heavy atom. The van der Waals surface area contributed by atoms with Gasteiger partial charge in [-0.3, -0.25) is 0 Å². The Balaban J connectivity index is 3.80. The Morgan fingerprint density at radius 2 is 1.60 bits per heavy atom. The van der Waals surface area contributed by atoms with Gasteiger partial charge in [0.25, 0.3) is 0 Å². The maximum atomic E-state index is 11.1. The van der Waals surface area contributed by atoms with Crippen LogP contribution in [-0.2, 0) is 13.6 Å². The minimum absolute atomic E-state index is 0.326. The molecule has 0 atom stereocenters. The van der Waals surface area contributed by atoms with Crippen molar-refractivity contribution in [2.45, 2.75) is 59.0 Å². The monoisotopic (exact) mass is 305 g/mol. The third kappa shape index (κ3) is 8.55. The second-order valence-electron chi connectivity index (χ2n) is 4.59. The molecule has 0 saturated heterocycles. The minimum Gasteiger partial charge on any atom is -0.450 e. The van der Waals surface area contributed by atoms with Gasteiger partial charge in [0, 0.05) is 19.8 Å². The van der Waals surface area contributed by atoms with E-state index in [-0.39, 0.29) is 6.09 Å². The van der Waals surface area contributed by atoms with Crippen LogP contribution in [0, 0.1) is 0 Å². The van der Waals surface area contributed by atoms with Crippen molar-refractivity contribution in [3.63, 3.8) is 0 Å². The number of amides is 1. The summed E-state index contributed by atoms with van der Waals surface area (Å²) in [6, 6.07) is 2.03. The molecule has 0 bridgehead atoms. The standard InChI is InChI=1S/C14H31NO4Si/c1-5-17-14(16)15-12-10-9-11-13-20(8-4,18-6-2)19-7-3/h5-13H2,1-4H3,(H,15,16). The highest BCUT2D eigenvalue weighted by molar-refractivity contribution is 6.67. The predicted octanol–water partition coefficient (Wildman–Crippen LogP) is 3.44. The molecule has 0 aliphatic rings. The van der Waals surface area contributed by atoms with Crippen LogP contribution in [0.5, 0.6) is 0 Å². The molecule has 0 radical (unpaired) electrons. The summed E-state index contributed by atoms with van der Waals surface area (Å²) >= 11 is 0. The van der Waals surface area contributed by atoms with Crippen LogP contribution in [-0.4, -0.2) is 41.0 Å². The summed E-state index contributed by atoms with van der Waals surface area (Å²) in [6.45, 7) is 10.5. The van der Waals surface area contributed by atoms with E-state index < -0.39 is 8.56 Å². The lowest BCUT2D eigenvalue weighted by atomic mass is 10.2. The zero-order valence-electron chi connectivity index (χ0n) is 13.5. The molecule has 20 heavy (non-hydrogen) atoms. The van der Waals surface area contributed by atoms with Crippen LogP contribution >= 0.6 is 0 Å². The Morgan fingerprint density at radius 1 is 0.950 bits per heavy atom. The highest BCUT2D eigenvalue weighted by Gasteiger charge is 2.33. The normalized spacial score (nSPS) is 11.4. The van der Waals surface area contributed by atoms with Crippen LogP contribution in [0.4, 0.5) is 4.79 Å². The van der Waals surface area contributed by atoms with Crippen molar-refractivity contribution < 1.29 is 18.4 Å². The number of unbranched alkanes of at least 4 members (excludes halogenated alkanes) is 2. The number of carbonyl (C=O) groups is 1. The maximum absolute atomic E-state index is 11.1. The molecule has 1 amide bonds. The lowest BCUT2D eigenvalue weighted by Gasteiger charge is -2.28. The van der Waals surface area contributed by atoms with Gasteiger partial charge in [-0.05, 0) is 39.3 Å². The van der Waals surface area contributed by atoms with Crippen LogP contribution in [0.1, 0.15) is 47.0 Å². The molecule has 0 fully saturated rings. The molecule has 0 unspecified atom stereocenters. The van der Waals surface area contributed by atoms with Crippen LogP contribution in [0.25, 0.3) is 0 Å². The molecule has 5 nitrogen and oxygen atoms in total. The topological polar surface area (TPSA) is 56.8 Å². The first kappa shape index (κ1) is 19.4. The second kappa shape index (κ2) is 12.2. The highest BCUT2D eigenvalue weighted by Crippen LogP contribution is 2.22. The van der Waals surface area contributed by atoms with Gasteiger partial charge >= 0.3 is 14.7 Å². The number of rotatable bonds is 12. The van der Waals surface area contributed by atoms with E-state index in [9.17, 15) is 4.79 Å². The second-order valence-corrected chi connectivity index (χ2v) is 8.19. The van der Waals surface area contributed by atoms with Gasteiger partial charge in [-0.25, -0.2) is 4.79 Å². The molecule has 0 aromatic carbocycles. The van der Waals surface area contributed by atoms with Crippen molar-refractivity contribution in [1.29, 1.82) is 0 Å². The van der Waals surface area contributed by atoms with Crippen molar-refractivity contribution in [2.75, 3.05) is 26.4 Å². The van der Waals surface area contributed by atoms with E-state index in [1.54, 1.807) is 6.92 Å². The fourth-order valence-corrected chi connectivity index (χ4v) is 5.14. The van der Waals surface area contributed by atoms with Gasteiger partial charge in [-0.15, -0.1) is 0 Å². The fourth-order valence-electron chi connectivity index (χ4n) is 2.16. The molecular formula is C14H31NO4Si. The lowest BCUT2D eigenvalue weighted by molar-refractivity contribution is 0.152. The largest absolute Gasteiger partial charge is 0.450 e. The van der Waals surface area contributed by atoms with E-state index in [4.69, 9.17) is 13.6 Å². The molecule has 6 heteroatoms. The average molecular weight is 305 g/mol. The van der Waals surface area contributed by atoms with E-state index in [1.807, 2.05) is 13.8 Å². The number of nitrogens with one attached hydrogen (secondary N) is 1. The lowest BCUT2D eigenvalue weighted by Crippen LogP contribution is -2.41. The van der Waals surface area contributed by atoms with E-state index in [0.717, 1.165) is 44.6 Å². The molecule has 0 aromatic rings. The van der Waals surface area contributed by atoms with E-state index in [2.05, 4.69) is 12.2 Å². The van der Waals surface area contributed by atoms with E-state index in [1.165, 1.54) is 0 Å². The Kier molecular flexibility index (Phi) is 11.8. The van der Waals surface area contributed by atoms with Gasteiger partial charge < -0.3 is 18.9 Å². The van der Waals surface area contributed by atoms with Crippen LogP contribution in [0.3, 0.4) is 0 Å². The molecule has 0 rings (SSSR count). The Hall–Kier alpha value is -0.593. The third-order valence-corrected chi connectivity index (χ3v) is 6.95. The molecule has 1 N–H and O–H groups in total. The Labute approximate surface area is 124 Å². The third-order valence-electron chi connectivity index (χ3n) is 3.13. The predicted molar refractivity (Wildman–Crippen MR) is 83.2 cm³/mol. The first-order valence-electron chi connectivity index (χ1n) is 7.82. The first-order valence-corrected chi connectivity index (χ1v) is 10.1. The van der Waals surface area contributed by atoms with Crippen LogP contribution < -0.4 is 5.32 Å². The van der Waals surface area contributed by atoms with Crippen LogP contribution in [0.15, 0.2) is 0 Å². The summed E-state index contributed by atoms with van der Waals surface area (Å²) in [7, 11) is -1.98. The molecule has 0 saturated carbocycles. The quantitative estimate of drug-likeness (QED) is 0.443. The molecule has 0 spiro atoms. The van der Waals surface area contributed by atoms with Gasteiger partial charge in [0.1, 0.15) is 0 Å². The first-order chi connectivity index (χ1) is 9.64. The SMILES string of the molecule is CCOC(=O)NCCCCC[Si](CC)(OCC)OCC. The van der Waals surface area contributed by atoms with Crippen molar-refractivity contribution >= 4 is 14.7 Å². The van der Waals surface area contributed by atoms with Gasteiger partial charge in [-0.2, -0.15) is 0 Å². The summed E-state index contributed by atoms with van der Waals surface area (Å²) in [5, 5.41) is 2.73. The van der Waals surface area contributed by atoms with Gasteiger partial charge in [0.05, 0.1) is 6.61 Å². The van der Waals surface area contributed by atoms with Gasteiger partial charge in [0.2, 0.25) is 0 Å². The zero-order chi connectivity index (χ0) is 15.3. The molecule has 0 heterocycles. The molecule has 120 valence electrons. The average Bonchev–Trinajstić information content (AvgIpc) is 2.43. The van der Waals surface area contributed by atoms with Gasteiger partial charge in [-0.1, -0.05) is 19.8 Å². The summed E-state index contributed by atoms with van der Waals surface area (Å²) in [4.78, 5) is 11.1. The van der Waals surface area contributed by atoms with Crippen molar-refractivity contribution in [3.8, 4) is 0 Å². The number of carbonyl (C=O) groups excluding carboxylic acids is 1. The van der Waals surface area contributed by atoms with E-state index in [0.29, 0.717) is 13.2 Å². The summed E-state index contributed by atoms with van der Waals surface area (Å²) in [6.07, 6.45) is 2.80. The molecular weight excluding hydrogens is 274 g/mol. The number of hydrogen-bond acceptors (Lipinski definition) is 4. The van der Waals surface area contributed by atoms with Crippen molar-refractivity contribution in [2.24, 2.45) is 0 Å². The zero-order valence-corrected chi connectivity index (χ0v) is 14.5. The molecule has 0 aliphatic carbocycles. The number of alkyl carbamates (subject to hydrolysis) is 1. The highest BCUT2D eigenvalue weighted by atomic mass is 28.4. The van der Waals surface area contributed by atoms with Gasteiger partial charge in [0.15, 0.2) is 0 Å². The van der Waals surface area contributed by atoms with Crippen molar-refractivity contribution in [1.82, 2.24) is 5.32 Å². The summed E-state index contributed by atoms with van der Waals surface area (Å²) < 4.78 is 16.6. The molecule has 0 aliphatic heterocycles. The number of ether oxygens (including phenoxy) is 1. The number of hydrogen-bond donors (Lipinski definition) is 1. The summed E-state index contributed by atoms with van der Waals surface area (Å²) in [5.41, 5.74) is 0. The smallest absolute Gasteiger partial charge is 0.407 e. The van der Waals surface area contributed by atoms with E-state index >= 15 is 0 Å². The maximum Gasteiger partial charge on any atom is 0.407 e.